The van der Waals surface area contributed by atoms with Crippen molar-refractivity contribution in [3.63, 3.8) is 0 Å². The van der Waals surface area contributed by atoms with E-state index in [2.05, 4.69) is 36.5 Å². The van der Waals surface area contributed by atoms with Crippen LogP contribution in [0.25, 0.3) is 0 Å². The molecule has 0 spiro atoms. The number of nitrogens with one attached hydrogen (secondary N) is 1. The summed E-state index contributed by atoms with van der Waals surface area (Å²) in [6, 6.07) is 0.736. The Morgan fingerprint density at radius 3 is 2.94 bits per heavy atom. The largest absolute Gasteiger partial charge is 0.314 e. The molecule has 1 aliphatic carbocycles. The lowest BCUT2D eigenvalue weighted by molar-refractivity contribution is 0.350. The first-order chi connectivity index (χ1) is 8.20. The predicted octanol–water partition coefficient (Wildman–Crippen LogP) is 3.41. The van der Waals surface area contributed by atoms with Gasteiger partial charge in [0.15, 0.2) is 0 Å². The molecular formula is C14H24N2S. The molecule has 17 heavy (non-hydrogen) atoms. The van der Waals surface area contributed by atoms with Crippen LogP contribution < -0.4 is 5.32 Å². The molecule has 1 aliphatic rings. The van der Waals surface area contributed by atoms with Gasteiger partial charge in [0.1, 0.15) is 0 Å². The third kappa shape index (κ3) is 3.29. The van der Waals surface area contributed by atoms with Gasteiger partial charge in [0.2, 0.25) is 0 Å². The Hall–Kier alpha value is -0.410. The van der Waals surface area contributed by atoms with E-state index >= 15 is 0 Å². The zero-order valence-electron chi connectivity index (χ0n) is 11.2. The van der Waals surface area contributed by atoms with Crippen LogP contribution in [0.15, 0.2) is 5.38 Å². The van der Waals surface area contributed by atoms with Crippen LogP contribution in [-0.4, -0.2) is 17.6 Å². The standard InChI is InChI=1S/C14H24N2S/c1-4-7-15-14-6-5-12(10(14)2)8-13-9-17-11(3)16-13/h9-10,12,14-15H,4-8H2,1-3H3. The van der Waals surface area contributed by atoms with Crippen molar-refractivity contribution in [3.8, 4) is 0 Å². The van der Waals surface area contributed by atoms with Gasteiger partial charge < -0.3 is 5.32 Å². The summed E-state index contributed by atoms with van der Waals surface area (Å²) < 4.78 is 0. The van der Waals surface area contributed by atoms with Gasteiger partial charge in [0, 0.05) is 11.4 Å². The minimum absolute atomic E-state index is 0.736. The fourth-order valence-corrected chi connectivity index (χ4v) is 3.55. The highest BCUT2D eigenvalue weighted by Crippen LogP contribution is 2.34. The summed E-state index contributed by atoms with van der Waals surface area (Å²) >= 11 is 1.78. The number of hydrogen-bond acceptors (Lipinski definition) is 3. The van der Waals surface area contributed by atoms with E-state index in [0.29, 0.717) is 0 Å². The molecule has 1 aromatic heterocycles. The molecule has 3 heteroatoms. The van der Waals surface area contributed by atoms with Gasteiger partial charge >= 0.3 is 0 Å². The third-order valence-corrected chi connectivity index (χ3v) is 4.84. The van der Waals surface area contributed by atoms with Crippen molar-refractivity contribution < 1.29 is 0 Å². The van der Waals surface area contributed by atoms with Crippen molar-refractivity contribution >= 4 is 11.3 Å². The van der Waals surface area contributed by atoms with E-state index in [0.717, 1.165) is 24.4 Å². The highest BCUT2D eigenvalue weighted by atomic mass is 32.1. The van der Waals surface area contributed by atoms with Crippen molar-refractivity contribution in [3.05, 3.63) is 16.1 Å². The van der Waals surface area contributed by atoms with Crippen LogP contribution in [0, 0.1) is 18.8 Å². The Kier molecular flexibility index (Phi) is 4.57. The van der Waals surface area contributed by atoms with Crippen molar-refractivity contribution in [2.45, 2.75) is 52.5 Å². The van der Waals surface area contributed by atoms with Gasteiger partial charge in [0.25, 0.3) is 0 Å². The van der Waals surface area contributed by atoms with Gasteiger partial charge in [-0.15, -0.1) is 11.3 Å². The average Bonchev–Trinajstić information content (AvgIpc) is 2.86. The summed E-state index contributed by atoms with van der Waals surface area (Å²) in [5.41, 5.74) is 1.31. The lowest BCUT2D eigenvalue weighted by Gasteiger charge is -2.21. The Morgan fingerprint density at radius 1 is 1.47 bits per heavy atom. The minimum atomic E-state index is 0.736. The first-order valence-electron chi connectivity index (χ1n) is 6.85. The Morgan fingerprint density at radius 2 is 2.29 bits per heavy atom. The van der Waals surface area contributed by atoms with E-state index in [1.165, 1.54) is 36.4 Å². The molecule has 1 saturated carbocycles. The number of aryl methyl sites for hydroxylation is 1. The fraction of sp³-hybridized carbons (Fsp3) is 0.786. The van der Waals surface area contributed by atoms with Crippen molar-refractivity contribution in [1.82, 2.24) is 10.3 Å². The van der Waals surface area contributed by atoms with Gasteiger partial charge in [-0.1, -0.05) is 13.8 Å². The Bertz CT molecular complexity index is 348. The molecule has 0 aliphatic heterocycles. The van der Waals surface area contributed by atoms with E-state index < -0.39 is 0 Å². The first-order valence-corrected chi connectivity index (χ1v) is 7.73. The van der Waals surface area contributed by atoms with Crippen LogP contribution in [0.3, 0.4) is 0 Å². The molecule has 96 valence electrons. The SMILES string of the molecule is CCCNC1CCC(Cc2csc(C)n2)C1C. The van der Waals surface area contributed by atoms with Crippen LogP contribution in [-0.2, 0) is 6.42 Å². The lowest BCUT2D eigenvalue weighted by Crippen LogP contribution is -2.33. The number of hydrogen-bond donors (Lipinski definition) is 1. The normalized spacial score (nSPS) is 28.8. The van der Waals surface area contributed by atoms with Crippen LogP contribution in [0.2, 0.25) is 0 Å². The summed E-state index contributed by atoms with van der Waals surface area (Å²) in [4.78, 5) is 4.59. The summed E-state index contributed by atoms with van der Waals surface area (Å²) in [6.07, 6.45) is 5.11. The van der Waals surface area contributed by atoms with Crippen molar-refractivity contribution in [1.29, 1.82) is 0 Å². The second-order valence-electron chi connectivity index (χ2n) is 5.32. The van der Waals surface area contributed by atoms with E-state index in [-0.39, 0.29) is 0 Å². The van der Waals surface area contributed by atoms with Gasteiger partial charge in [-0.2, -0.15) is 0 Å². The first kappa shape index (κ1) is 13.0. The van der Waals surface area contributed by atoms with Gasteiger partial charge in [-0.05, 0) is 51.0 Å². The molecule has 0 bridgehead atoms. The molecule has 0 aromatic carbocycles. The summed E-state index contributed by atoms with van der Waals surface area (Å²) in [5.74, 6) is 1.62. The molecule has 3 atom stereocenters. The molecule has 1 N–H and O–H groups in total. The number of nitrogens with zero attached hydrogens (tertiary/aromatic N) is 1. The fourth-order valence-electron chi connectivity index (χ4n) is 2.92. The summed E-state index contributed by atoms with van der Waals surface area (Å²) in [5, 5.41) is 7.12. The molecule has 0 saturated heterocycles. The average molecular weight is 252 g/mol. The smallest absolute Gasteiger partial charge is 0.0897 e. The van der Waals surface area contributed by atoms with Crippen LogP contribution in [0.4, 0.5) is 0 Å². The summed E-state index contributed by atoms with van der Waals surface area (Å²) in [6.45, 7) is 7.90. The number of thiazole rings is 1. The maximum Gasteiger partial charge on any atom is 0.0897 e. The second-order valence-corrected chi connectivity index (χ2v) is 6.38. The molecule has 1 heterocycles. The van der Waals surface area contributed by atoms with Gasteiger partial charge in [0.05, 0.1) is 10.7 Å². The maximum absolute atomic E-state index is 4.59. The molecule has 0 amide bonds. The maximum atomic E-state index is 4.59. The van der Waals surface area contributed by atoms with Gasteiger partial charge in [-0.3, -0.25) is 0 Å². The molecule has 3 unspecified atom stereocenters. The topological polar surface area (TPSA) is 24.9 Å². The molecule has 2 nitrogen and oxygen atoms in total. The van der Waals surface area contributed by atoms with Crippen molar-refractivity contribution in [2.75, 3.05) is 6.54 Å². The zero-order valence-corrected chi connectivity index (χ0v) is 12.0. The number of rotatable bonds is 5. The van der Waals surface area contributed by atoms with Crippen LogP contribution >= 0.6 is 11.3 Å². The van der Waals surface area contributed by atoms with E-state index in [4.69, 9.17) is 0 Å². The quantitative estimate of drug-likeness (QED) is 0.868. The lowest BCUT2D eigenvalue weighted by atomic mass is 9.91. The molecule has 1 fully saturated rings. The third-order valence-electron chi connectivity index (χ3n) is 4.02. The van der Waals surface area contributed by atoms with Gasteiger partial charge in [-0.25, -0.2) is 4.98 Å². The highest BCUT2D eigenvalue weighted by Gasteiger charge is 2.32. The van der Waals surface area contributed by atoms with E-state index in [1.807, 2.05) is 0 Å². The Labute approximate surface area is 109 Å². The monoisotopic (exact) mass is 252 g/mol. The van der Waals surface area contributed by atoms with E-state index in [9.17, 15) is 0 Å². The molecular weight excluding hydrogens is 228 g/mol. The zero-order chi connectivity index (χ0) is 12.3. The minimum Gasteiger partial charge on any atom is -0.314 e. The highest BCUT2D eigenvalue weighted by molar-refractivity contribution is 7.09. The van der Waals surface area contributed by atoms with Crippen molar-refractivity contribution in [2.24, 2.45) is 11.8 Å². The van der Waals surface area contributed by atoms with Crippen LogP contribution in [0.1, 0.15) is 43.8 Å². The van der Waals surface area contributed by atoms with Crippen LogP contribution in [0.5, 0.6) is 0 Å². The number of aromatic nitrogens is 1. The summed E-state index contributed by atoms with van der Waals surface area (Å²) in [7, 11) is 0. The second kappa shape index (κ2) is 5.96. The van der Waals surface area contributed by atoms with E-state index in [1.54, 1.807) is 11.3 Å². The molecule has 0 radical (unpaired) electrons. The molecule has 1 aromatic rings. The Balaban J connectivity index is 1.86. The molecule has 2 rings (SSSR count). The predicted molar refractivity (Wildman–Crippen MR) is 74.5 cm³/mol.